The highest BCUT2D eigenvalue weighted by molar-refractivity contribution is 6.21. The van der Waals surface area contributed by atoms with Crippen molar-refractivity contribution in [2.24, 2.45) is 0 Å². The normalized spacial score (nSPS) is 11.5. The van der Waals surface area contributed by atoms with Crippen LogP contribution in [0.2, 0.25) is 0 Å². The zero-order chi connectivity index (χ0) is 22.5. The van der Waals surface area contributed by atoms with Gasteiger partial charge in [0.2, 0.25) is 0 Å². The Hall–Kier alpha value is -4.70. The Bertz CT molecular complexity index is 1790. The number of hydrogen-bond donors (Lipinski definition) is 0. The number of hydrogen-bond acceptors (Lipinski definition) is 2. The van der Waals surface area contributed by atoms with Gasteiger partial charge in [0.1, 0.15) is 5.82 Å². The van der Waals surface area contributed by atoms with Gasteiger partial charge >= 0.3 is 0 Å². The highest BCUT2D eigenvalue weighted by atomic mass is 15.1. The first-order valence-electron chi connectivity index (χ1n) is 11.4. The summed E-state index contributed by atoms with van der Waals surface area (Å²) >= 11 is 0. The summed E-state index contributed by atoms with van der Waals surface area (Å²) in [5.74, 6) is 1.58. The van der Waals surface area contributed by atoms with Crippen LogP contribution >= 0.6 is 0 Å². The Morgan fingerprint density at radius 2 is 1.26 bits per heavy atom. The summed E-state index contributed by atoms with van der Waals surface area (Å²) in [6, 6.07) is 37.9. The molecular formula is C30H20N4. The van der Waals surface area contributed by atoms with Gasteiger partial charge in [0.05, 0.1) is 16.6 Å². The third-order valence-corrected chi connectivity index (χ3v) is 6.44. The molecule has 4 nitrogen and oxygen atoms in total. The van der Waals surface area contributed by atoms with E-state index < -0.39 is 0 Å². The second kappa shape index (κ2) is 7.42. The molecule has 0 bridgehead atoms. The van der Waals surface area contributed by atoms with E-state index in [1.54, 1.807) is 0 Å². The van der Waals surface area contributed by atoms with E-state index >= 15 is 0 Å². The van der Waals surface area contributed by atoms with Crippen molar-refractivity contribution < 1.29 is 0 Å². The topological polar surface area (TPSA) is 35.6 Å². The van der Waals surface area contributed by atoms with Gasteiger partial charge in [-0.05, 0) is 42.5 Å². The number of rotatable bonds is 3. The molecule has 0 atom stereocenters. The van der Waals surface area contributed by atoms with Crippen molar-refractivity contribution in [3.8, 4) is 22.9 Å². The summed E-state index contributed by atoms with van der Waals surface area (Å²) in [6.45, 7) is 0. The van der Waals surface area contributed by atoms with E-state index in [0.717, 1.165) is 28.4 Å². The molecule has 4 aromatic carbocycles. The fraction of sp³-hybridized carbons (Fsp3) is 0. The minimum absolute atomic E-state index is 0.724. The molecular weight excluding hydrogens is 416 g/mol. The lowest BCUT2D eigenvalue weighted by atomic mass is 10.1. The zero-order valence-electron chi connectivity index (χ0n) is 18.3. The van der Waals surface area contributed by atoms with E-state index in [2.05, 4.69) is 93.1 Å². The van der Waals surface area contributed by atoms with E-state index in [9.17, 15) is 0 Å². The lowest BCUT2D eigenvalue weighted by Crippen LogP contribution is -1.99. The van der Waals surface area contributed by atoms with Gasteiger partial charge in [-0.25, -0.2) is 9.97 Å². The van der Waals surface area contributed by atoms with Crippen molar-refractivity contribution >= 4 is 32.7 Å². The fourth-order valence-electron chi connectivity index (χ4n) is 4.95. The SMILES string of the molecule is c1ccc(-c2nccc(-n3ccc4c5c6ccccc6n(-c6ccccc6)c5ccc43)n2)cc1. The van der Waals surface area contributed by atoms with Crippen LogP contribution in [0.3, 0.4) is 0 Å². The molecule has 0 radical (unpaired) electrons. The van der Waals surface area contributed by atoms with Gasteiger partial charge in [0.25, 0.3) is 0 Å². The second-order valence-corrected chi connectivity index (χ2v) is 8.37. The second-order valence-electron chi connectivity index (χ2n) is 8.37. The molecule has 0 aliphatic heterocycles. The third kappa shape index (κ3) is 2.79. The van der Waals surface area contributed by atoms with Crippen LogP contribution in [0.25, 0.3) is 55.6 Å². The summed E-state index contributed by atoms with van der Waals surface area (Å²) in [5, 5.41) is 3.72. The van der Waals surface area contributed by atoms with Crippen molar-refractivity contribution in [1.29, 1.82) is 0 Å². The van der Waals surface area contributed by atoms with Crippen molar-refractivity contribution in [2.75, 3.05) is 0 Å². The molecule has 0 unspecified atom stereocenters. The molecule has 0 saturated heterocycles. The predicted octanol–water partition coefficient (Wildman–Crippen LogP) is 7.18. The van der Waals surface area contributed by atoms with Crippen LogP contribution < -0.4 is 0 Å². The van der Waals surface area contributed by atoms with Crippen molar-refractivity contribution in [1.82, 2.24) is 19.1 Å². The van der Waals surface area contributed by atoms with E-state index in [1.165, 1.54) is 27.2 Å². The molecule has 3 aromatic heterocycles. The Balaban J connectivity index is 1.49. The molecule has 34 heavy (non-hydrogen) atoms. The monoisotopic (exact) mass is 436 g/mol. The lowest BCUT2D eigenvalue weighted by molar-refractivity contribution is 1.02. The smallest absolute Gasteiger partial charge is 0.161 e. The van der Waals surface area contributed by atoms with E-state index in [0.29, 0.717) is 0 Å². The van der Waals surface area contributed by atoms with Gasteiger partial charge in [-0.3, -0.25) is 0 Å². The summed E-state index contributed by atoms with van der Waals surface area (Å²) < 4.78 is 4.50. The average Bonchev–Trinajstić information content (AvgIpc) is 3.49. The molecule has 0 aliphatic rings. The first-order chi connectivity index (χ1) is 16.9. The minimum Gasteiger partial charge on any atom is -0.309 e. The van der Waals surface area contributed by atoms with Crippen molar-refractivity contribution in [2.45, 2.75) is 0 Å². The largest absolute Gasteiger partial charge is 0.309 e. The number of fused-ring (bicyclic) bond motifs is 5. The van der Waals surface area contributed by atoms with Crippen LogP contribution in [0.15, 0.2) is 122 Å². The maximum absolute atomic E-state index is 4.88. The summed E-state index contributed by atoms with van der Waals surface area (Å²) in [7, 11) is 0. The first-order valence-corrected chi connectivity index (χ1v) is 11.4. The standard InChI is InChI=1S/C30H20N4/c1-3-9-21(10-4-1)30-31-19-17-28(32-30)33-20-18-24-25(33)15-16-27-29(24)23-13-7-8-14-26(23)34(27)22-11-5-2-6-12-22/h1-20H. The number of nitrogens with zero attached hydrogens (tertiary/aromatic N) is 4. The van der Waals surface area contributed by atoms with Crippen LogP contribution in [-0.2, 0) is 0 Å². The molecule has 0 fully saturated rings. The van der Waals surface area contributed by atoms with Crippen molar-refractivity contribution in [3.05, 3.63) is 122 Å². The van der Waals surface area contributed by atoms with Crippen LogP contribution in [0.1, 0.15) is 0 Å². The predicted molar refractivity (Wildman–Crippen MR) is 139 cm³/mol. The highest BCUT2D eigenvalue weighted by Crippen LogP contribution is 2.37. The highest BCUT2D eigenvalue weighted by Gasteiger charge is 2.16. The Morgan fingerprint density at radius 3 is 2.12 bits per heavy atom. The van der Waals surface area contributed by atoms with E-state index in [1.807, 2.05) is 42.6 Å². The number of aromatic nitrogens is 4. The molecule has 0 aliphatic carbocycles. The minimum atomic E-state index is 0.724. The summed E-state index contributed by atoms with van der Waals surface area (Å²) in [5.41, 5.74) is 5.70. The van der Waals surface area contributed by atoms with Gasteiger partial charge in [-0.15, -0.1) is 0 Å². The van der Waals surface area contributed by atoms with Gasteiger partial charge in [0, 0.05) is 39.8 Å². The van der Waals surface area contributed by atoms with E-state index in [4.69, 9.17) is 4.98 Å². The molecule has 160 valence electrons. The lowest BCUT2D eigenvalue weighted by Gasteiger charge is -2.09. The molecule has 0 N–H and O–H groups in total. The molecule has 0 saturated carbocycles. The quantitative estimate of drug-likeness (QED) is 0.294. The van der Waals surface area contributed by atoms with Crippen LogP contribution in [0, 0.1) is 0 Å². The van der Waals surface area contributed by atoms with Crippen LogP contribution in [-0.4, -0.2) is 19.1 Å². The van der Waals surface area contributed by atoms with E-state index in [-0.39, 0.29) is 0 Å². The number of benzene rings is 4. The molecule has 3 heterocycles. The molecule has 4 heteroatoms. The Labute approximate surface area is 196 Å². The van der Waals surface area contributed by atoms with Crippen LogP contribution in [0.5, 0.6) is 0 Å². The Kier molecular flexibility index (Phi) is 4.11. The molecule has 7 aromatic rings. The van der Waals surface area contributed by atoms with Gasteiger partial charge < -0.3 is 9.13 Å². The summed E-state index contributed by atoms with van der Waals surface area (Å²) in [6.07, 6.45) is 3.94. The molecule has 0 spiro atoms. The van der Waals surface area contributed by atoms with Crippen LogP contribution in [0.4, 0.5) is 0 Å². The number of para-hydroxylation sites is 2. The van der Waals surface area contributed by atoms with Gasteiger partial charge in [-0.1, -0.05) is 66.7 Å². The molecule has 7 rings (SSSR count). The Morgan fingerprint density at radius 1 is 0.559 bits per heavy atom. The fourth-order valence-corrected chi connectivity index (χ4v) is 4.95. The maximum atomic E-state index is 4.88. The zero-order valence-corrected chi connectivity index (χ0v) is 18.3. The molecule has 0 amide bonds. The summed E-state index contributed by atoms with van der Waals surface area (Å²) in [4.78, 5) is 9.38. The van der Waals surface area contributed by atoms with Crippen molar-refractivity contribution in [3.63, 3.8) is 0 Å². The first kappa shape index (κ1) is 18.8. The maximum Gasteiger partial charge on any atom is 0.161 e. The van der Waals surface area contributed by atoms with Gasteiger partial charge in [0.15, 0.2) is 5.82 Å². The van der Waals surface area contributed by atoms with Gasteiger partial charge in [-0.2, -0.15) is 0 Å². The average molecular weight is 437 g/mol. The third-order valence-electron chi connectivity index (χ3n) is 6.44.